The minimum Gasteiger partial charge on any atom is -0.333 e. The highest BCUT2D eigenvalue weighted by Crippen LogP contribution is 2.42. The summed E-state index contributed by atoms with van der Waals surface area (Å²) in [6.45, 7) is 2.32. The summed E-state index contributed by atoms with van der Waals surface area (Å²) in [6.07, 6.45) is 15.4. The molecule has 0 saturated carbocycles. The third kappa shape index (κ3) is 5.65. The van der Waals surface area contributed by atoms with Gasteiger partial charge in [-0.2, -0.15) is 9.97 Å². The third-order valence-corrected chi connectivity index (χ3v) is 11.7. The van der Waals surface area contributed by atoms with Crippen molar-refractivity contribution in [2.75, 3.05) is 0 Å². The summed E-state index contributed by atoms with van der Waals surface area (Å²) in [5.74, 6) is 2.28. The van der Waals surface area contributed by atoms with Crippen molar-refractivity contribution in [1.82, 2.24) is 24.1 Å². The summed E-state index contributed by atoms with van der Waals surface area (Å²) in [4.78, 5) is 15.2. The smallest absolute Gasteiger partial charge is 0.238 e. The average molecular weight is 734 g/mol. The van der Waals surface area contributed by atoms with Crippen LogP contribution in [0.15, 0.2) is 176 Å². The molecule has 0 saturated heterocycles. The molecule has 3 heterocycles. The number of rotatable bonds is 6. The number of hydrogen-bond acceptors (Lipinski definition) is 3. The number of allylic oxidation sites excluding steroid dienone is 5. The number of fused-ring (bicyclic) bond motifs is 6. The Morgan fingerprint density at radius 1 is 0.491 bits per heavy atom. The number of benzene rings is 6. The van der Waals surface area contributed by atoms with Crippen LogP contribution in [0.25, 0.3) is 89.8 Å². The van der Waals surface area contributed by atoms with Crippen molar-refractivity contribution in [3.05, 3.63) is 187 Å². The molecular formula is C52H39N5. The Labute approximate surface area is 331 Å². The second kappa shape index (κ2) is 13.6. The SMILES string of the molecule is CC1CC=Cc2c1c1cc(-c3ccc(-c4ccc5c(c4)c4ccccc4n5C4C=CC=CC4)cc3)ccc1n2-c1nc(-c2ccccc2)nc(-c2ccccc2)n1. The van der Waals surface area contributed by atoms with Crippen LogP contribution in [0.3, 0.4) is 0 Å². The van der Waals surface area contributed by atoms with Crippen LogP contribution in [0.2, 0.25) is 0 Å². The Balaban J connectivity index is 0.997. The lowest BCUT2D eigenvalue weighted by atomic mass is 9.90. The second-order valence-electron chi connectivity index (χ2n) is 15.2. The average Bonchev–Trinajstić information content (AvgIpc) is 3.80. The van der Waals surface area contributed by atoms with E-state index in [0.29, 0.717) is 29.6 Å². The molecule has 0 fully saturated rings. The number of aromatic nitrogens is 5. The second-order valence-corrected chi connectivity index (χ2v) is 15.2. The monoisotopic (exact) mass is 733 g/mol. The molecule has 5 nitrogen and oxygen atoms in total. The van der Waals surface area contributed by atoms with Crippen LogP contribution in [0.1, 0.15) is 43.0 Å². The van der Waals surface area contributed by atoms with Crippen LogP contribution in [-0.2, 0) is 0 Å². The van der Waals surface area contributed by atoms with Gasteiger partial charge in [0.15, 0.2) is 11.6 Å². The molecule has 3 aromatic heterocycles. The maximum atomic E-state index is 5.13. The van der Waals surface area contributed by atoms with E-state index in [4.69, 9.17) is 15.0 Å². The Morgan fingerprint density at radius 2 is 1.09 bits per heavy atom. The molecule has 272 valence electrons. The van der Waals surface area contributed by atoms with Crippen LogP contribution in [0.4, 0.5) is 0 Å². The largest absolute Gasteiger partial charge is 0.333 e. The van der Waals surface area contributed by atoms with Gasteiger partial charge >= 0.3 is 0 Å². The van der Waals surface area contributed by atoms with Crippen LogP contribution in [0.5, 0.6) is 0 Å². The molecule has 57 heavy (non-hydrogen) atoms. The van der Waals surface area contributed by atoms with Crippen molar-refractivity contribution in [3.8, 4) is 51.0 Å². The van der Waals surface area contributed by atoms with Gasteiger partial charge in [0.25, 0.3) is 0 Å². The fraction of sp³-hybridized carbons (Fsp3) is 0.0962. The molecule has 0 amide bonds. The minimum atomic E-state index is 0.317. The molecule has 0 radical (unpaired) electrons. The van der Waals surface area contributed by atoms with E-state index in [-0.39, 0.29) is 0 Å². The van der Waals surface area contributed by atoms with Gasteiger partial charge in [-0.1, -0.05) is 153 Å². The lowest BCUT2D eigenvalue weighted by Gasteiger charge is -2.18. The highest BCUT2D eigenvalue weighted by atomic mass is 15.2. The molecule has 5 heteroatoms. The summed E-state index contributed by atoms with van der Waals surface area (Å²) >= 11 is 0. The van der Waals surface area contributed by atoms with Gasteiger partial charge in [-0.05, 0) is 83.0 Å². The minimum absolute atomic E-state index is 0.317. The first-order valence-electron chi connectivity index (χ1n) is 19.9. The number of nitrogens with zero attached hydrogens (tertiary/aromatic N) is 5. The molecule has 0 bridgehead atoms. The molecule has 0 spiro atoms. The normalized spacial score (nSPS) is 16.2. The van der Waals surface area contributed by atoms with Crippen LogP contribution >= 0.6 is 0 Å². The molecule has 2 unspecified atom stereocenters. The predicted octanol–water partition coefficient (Wildman–Crippen LogP) is 13.2. The van der Waals surface area contributed by atoms with E-state index in [9.17, 15) is 0 Å². The molecule has 0 N–H and O–H groups in total. The lowest BCUT2D eigenvalue weighted by molar-refractivity contribution is 0.648. The first-order chi connectivity index (χ1) is 28.2. The van der Waals surface area contributed by atoms with Gasteiger partial charge < -0.3 is 4.57 Å². The van der Waals surface area contributed by atoms with Crippen molar-refractivity contribution in [1.29, 1.82) is 0 Å². The molecular weight excluding hydrogens is 695 g/mol. The molecule has 6 aromatic carbocycles. The highest BCUT2D eigenvalue weighted by Gasteiger charge is 2.26. The van der Waals surface area contributed by atoms with E-state index in [0.717, 1.165) is 35.2 Å². The predicted molar refractivity (Wildman–Crippen MR) is 235 cm³/mol. The Kier molecular flexibility index (Phi) is 7.92. The molecule has 9 aromatic rings. The molecule has 2 aliphatic rings. The summed E-state index contributed by atoms with van der Waals surface area (Å²) < 4.78 is 4.74. The van der Waals surface area contributed by atoms with Crippen molar-refractivity contribution in [2.24, 2.45) is 0 Å². The fourth-order valence-electron chi connectivity index (χ4n) is 8.97. The van der Waals surface area contributed by atoms with Gasteiger partial charge in [-0.3, -0.25) is 4.57 Å². The molecule has 2 aliphatic carbocycles. The first-order valence-corrected chi connectivity index (χ1v) is 19.9. The summed E-state index contributed by atoms with van der Waals surface area (Å²) in [7, 11) is 0. The van der Waals surface area contributed by atoms with Gasteiger partial charge in [-0.25, -0.2) is 4.98 Å². The Bertz CT molecular complexity index is 3020. The first kappa shape index (κ1) is 33.2. The zero-order valence-corrected chi connectivity index (χ0v) is 31.6. The van der Waals surface area contributed by atoms with Crippen LogP contribution in [-0.4, -0.2) is 24.1 Å². The summed E-state index contributed by atoms with van der Waals surface area (Å²) in [6, 6.07) is 52.4. The molecule has 0 aliphatic heterocycles. The lowest BCUT2D eigenvalue weighted by Crippen LogP contribution is -2.09. The standard InChI is InChI=1S/C52H39N5/c1-34-14-13-23-48-49(34)44-33-40(29-31-47(44)57(48)52-54-50(37-15-5-2-6-16-37)53-51(55-52)38-17-7-3-8-18-38)36-26-24-35(25-27-36)39-28-30-46-43(32-39)42-21-11-12-22-45(42)56(46)41-19-9-4-10-20-41/h2-13,15-19,21-34,41H,14,20H2,1H3. The zero-order chi connectivity index (χ0) is 37.9. The highest BCUT2D eigenvalue weighted by molar-refractivity contribution is 6.09. The van der Waals surface area contributed by atoms with E-state index in [1.807, 2.05) is 36.4 Å². The Hall–Kier alpha value is -7.11. The van der Waals surface area contributed by atoms with Gasteiger partial charge in [-0.15, -0.1) is 0 Å². The van der Waals surface area contributed by atoms with Crippen molar-refractivity contribution in [2.45, 2.75) is 31.7 Å². The fourth-order valence-corrected chi connectivity index (χ4v) is 8.97. The van der Waals surface area contributed by atoms with E-state index in [1.54, 1.807) is 0 Å². The van der Waals surface area contributed by atoms with Gasteiger partial charge in [0.2, 0.25) is 5.95 Å². The Morgan fingerprint density at radius 3 is 1.75 bits per heavy atom. The maximum Gasteiger partial charge on any atom is 0.238 e. The maximum absolute atomic E-state index is 5.13. The van der Waals surface area contributed by atoms with Crippen molar-refractivity contribution >= 4 is 38.8 Å². The van der Waals surface area contributed by atoms with Crippen molar-refractivity contribution < 1.29 is 0 Å². The van der Waals surface area contributed by atoms with E-state index >= 15 is 0 Å². The summed E-state index contributed by atoms with van der Waals surface area (Å²) in [5, 5.41) is 3.82. The third-order valence-electron chi connectivity index (χ3n) is 11.7. The van der Waals surface area contributed by atoms with Gasteiger partial charge in [0.05, 0.1) is 17.3 Å². The number of hydrogen-bond donors (Lipinski definition) is 0. The van der Waals surface area contributed by atoms with E-state index in [1.165, 1.54) is 55.0 Å². The molecule has 2 atom stereocenters. The quantitative estimate of drug-likeness (QED) is 0.171. The summed E-state index contributed by atoms with van der Waals surface area (Å²) in [5.41, 5.74) is 12.8. The van der Waals surface area contributed by atoms with E-state index in [2.05, 4.69) is 162 Å². The number of para-hydroxylation sites is 1. The van der Waals surface area contributed by atoms with Gasteiger partial charge in [0, 0.05) is 38.3 Å². The topological polar surface area (TPSA) is 48.5 Å². The zero-order valence-electron chi connectivity index (χ0n) is 31.6. The molecule has 11 rings (SSSR count). The van der Waals surface area contributed by atoms with E-state index < -0.39 is 0 Å². The van der Waals surface area contributed by atoms with Crippen LogP contribution < -0.4 is 0 Å². The van der Waals surface area contributed by atoms with Crippen LogP contribution in [0, 0.1) is 0 Å². The van der Waals surface area contributed by atoms with Crippen molar-refractivity contribution in [3.63, 3.8) is 0 Å². The van der Waals surface area contributed by atoms with Gasteiger partial charge in [0.1, 0.15) is 0 Å².